The van der Waals surface area contributed by atoms with E-state index >= 15 is 0 Å². The van der Waals surface area contributed by atoms with Crippen LogP contribution in [-0.2, 0) is 9.23 Å². The first-order chi connectivity index (χ1) is 25.2. The maximum Gasteiger partial charge on any atom is 0.370 e. The van der Waals surface area contributed by atoms with Crippen LogP contribution in [0.4, 0.5) is 5.95 Å². The van der Waals surface area contributed by atoms with Gasteiger partial charge in [-0.05, 0) is 61.4 Å². The first kappa shape index (κ1) is 38.1. The van der Waals surface area contributed by atoms with Gasteiger partial charge in [-0.1, -0.05) is 75.2 Å². The van der Waals surface area contributed by atoms with Crippen molar-refractivity contribution < 1.29 is 28.4 Å². The van der Waals surface area contributed by atoms with Crippen LogP contribution < -0.4 is 9.30 Å². The summed E-state index contributed by atoms with van der Waals surface area (Å²) >= 11 is 0. The average molecular weight is 760 g/mol. The standard InChI is InChI=1S/C24H27N3O2.C15H10N2O2.Cl2OS/c1-3-5-14-25(15-6-4-2)24-26-16-10-9-13-21(26)22-17-19(23(28)29)18-11-7-8-12-20(18)27(22)24;18-15(19)11-9-14(13-7-3-4-8-16-13)17-12-6-2-1-5-10(11)12;1-4(2)3/h7-13,16-17H,3-6,14-15H2,1-2H3;1-9H,(H,18,19);/p+1. The van der Waals surface area contributed by atoms with Gasteiger partial charge in [-0.15, -0.1) is 0 Å². The molecule has 10 nitrogen and oxygen atoms in total. The number of carbonyl (C=O) groups is 2. The molecule has 2 N–H and O–H groups in total. The monoisotopic (exact) mass is 758 g/mol. The minimum atomic E-state index is -1.67. The Morgan fingerprint density at radius 1 is 0.769 bits per heavy atom. The Morgan fingerprint density at radius 3 is 2.00 bits per heavy atom. The Labute approximate surface area is 312 Å². The number of hydrogen-bond donors (Lipinski definition) is 2. The van der Waals surface area contributed by atoms with Crippen molar-refractivity contribution in [2.45, 2.75) is 39.5 Å². The van der Waals surface area contributed by atoms with Gasteiger partial charge in [0.2, 0.25) is 9.23 Å². The fraction of sp³-hybridized carbons (Fsp3) is 0.205. The summed E-state index contributed by atoms with van der Waals surface area (Å²) in [5.41, 5.74) is 5.35. The second-order valence-corrected chi connectivity index (χ2v) is 14.4. The van der Waals surface area contributed by atoms with Gasteiger partial charge in [0, 0.05) is 38.3 Å². The quantitative estimate of drug-likeness (QED) is 0.105. The number of aromatic carboxylic acids is 2. The molecule has 0 aliphatic rings. The highest BCUT2D eigenvalue weighted by molar-refractivity contribution is 8.26. The van der Waals surface area contributed by atoms with Crippen molar-refractivity contribution in [1.82, 2.24) is 14.4 Å². The fourth-order valence-electron chi connectivity index (χ4n) is 6.12. The molecule has 0 radical (unpaired) electrons. The van der Waals surface area contributed by atoms with Crippen LogP contribution in [0.15, 0.2) is 109 Å². The number of carboxylic acid groups (broad SMARTS) is 2. The molecular formula is C39H38Cl2N5O5S+. The van der Waals surface area contributed by atoms with Crippen molar-refractivity contribution in [2.75, 3.05) is 18.0 Å². The van der Waals surface area contributed by atoms with E-state index in [4.69, 9.17) is 4.21 Å². The number of benzene rings is 2. The molecule has 0 saturated carbocycles. The molecule has 0 atom stereocenters. The number of fused-ring (bicyclic) bond motifs is 6. The molecule has 0 saturated heterocycles. The van der Waals surface area contributed by atoms with E-state index in [-0.39, 0.29) is 5.56 Å². The van der Waals surface area contributed by atoms with Crippen molar-refractivity contribution >= 4 is 81.3 Å². The predicted octanol–water partition coefficient (Wildman–Crippen LogP) is 8.97. The van der Waals surface area contributed by atoms with Crippen LogP contribution in [0.3, 0.4) is 0 Å². The second kappa shape index (κ2) is 17.9. The molecule has 0 unspecified atom stereocenters. The van der Waals surface area contributed by atoms with Gasteiger partial charge in [0.15, 0.2) is 0 Å². The number of hydrogen-bond acceptors (Lipinski definition) is 6. The topological polar surface area (TPSA) is 129 Å². The Morgan fingerprint density at radius 2 is 1.37 bits per heavy atom. The van der Waals surface area contributed by atoms with Crippen LogP contribution in [0.2, 0.25) is 0 Å². The van der Waals surface area contributed by atoms with Gasteiger partial charge in [0.05, 0.1) is 47.3 Å². The third kappa shape index (κ3) is 8.67. The Bertz CT molecular complexity index is 2360. The zero-order valence-electron chi connectivity index (χ0n) is 28.7. The Kier molecular flexibility index (Phi) is 13.1. The van der Waals surface area contributed by atoms with Crippen molar-refractivity contribution in [3.8, 4) is 11.4 Å². The largest absolute Gasteiger partial charge is 0.478 e. The van der Waals surface area contributed by atoms with E-state index in [1.54, 1.807) is 30.5 Å². The van der Waals surface area contributed by atoms with E-state index in [1.807, 2.05) is 66.7 Å². The first-order valence-corrected chi connectivity index (χ1v) is 19.6. The van der Waals surface area contributed by atoms with Crippen molar-refractivity contribution in [3.05, 3.63) is 121 Å². The minimum absolute atomic E-state index is 0.242. The normalized spacial score (nSPS) is 10.9. The van der Waals surface area contributed by atoms with Crippen LogP contribution in [0, 0.1) is 0 Å². The molecule has 0 amide bonds. The number of imidazole rings is 1. The van der Waals surface area contributed by atoms with E-state index in [9.17, 15) is 19.8 Å². The van der Waals surface area contributed by atoms with Crippen LogP contribution >= 0.6 is 21.4 Å². The second-order valence-electron chi connectivity index (χ2n) is 11.8. The number of nitrogens with zero attached hydrogens (tertiary/aromatic N) is 5. The smallest absolute Gasteiger partial charge is 0.370 e. The molecular weight excluding hydrogens is 721 g/mol. The summed E-state index contributed by atoms with van der Waals surface area (Å²) in [7, 11) is 7.36. The highest BCUT2D eigenvalue weighted by Gasteiger charge is 2.28. The van der Waals surface area contributed by atoms with E-state index < -0.39 is 21.2 Å². The number of unbranched alkanes of at least 4 members (excludes halogenated alkanes) is 2. The van der Waals surface area contributed by atoms with E-state index in [0.717, 1.165) is 66.7 Å². The molecule has 7 aromatic rings. The van der Waals surface area contributed by atoms with E-state index in [2.05, 4.69) is 71.1 Å². The molecule has 268 valence electrons. The zero-order valence-corrected chi connectivity index (χ0v) is 31.0. The third-order valence-corrected chi connectivity index (χ3v) is 8.45. The molecule has 0 aliphatic carbocycles. The molecule has 7 rings (SSSR count). The maximum atomic E-state index is 12.0. The summed E-state index contributed by atoms with van der Waals surface area (Å²) in [5, 5.41) is 20.5. The van der Waals surface area contributed by atoms with Gasteiger partial charge >= 0.3 is 17.9 Å². The summed E-state index contributed by atoms with van der Waals surface area (Å²) in [4.78, 5) is 34.5. The van der Waals surface area contributed by atoms with Crippen LogP contribution in [0.25, 0.3) is 44.2 Å². The van der Waals surface area contributed by atoms with Gasteiger partial charge < -0.3 is 10.2 Å². The molecule has 52 heavy (non-hydrogen) atoms. The predicted molar refractivity (Wildman–Crippen MR) is 209 cm³/mol. The van der Waals surface area contributed by atoms with Crippen molar-refractivity contribution in [3.63, 3.8) is 0 Å². The molecule has 5 aromatic heterocycles. The van der Waals surface area contributed by atoms with Gasteiger partial charge in [-0.2, -0.15) is 4.40 Å². The van der Waals surface area contributed by atoms with Crippen molar-refractivity contribution in [1.29, 1.82) is 0 Å². The van der Waals surface area contributed by atoms with E-state index in [1.165, 1.54) is 0 Å². The minimum Gasteiger partial charge on any atom is -0.478 e. The van der Waals surface area contributed by atoms with Crippen LogP contribution in [-0.4, -0.2) is 53.8 Å². The zero-order chi connectivity index (χ0) is 37.2. The number of anilines is 1. The van der Waals surface area contributed by atoms with Crippen LogP contribution in [0.1, 0.15) is 60.2 Å². The van der Waals surface area contributed by atoms with Gasteiger partial charge in [-0.25, -0.2) is 23.2 Å². The molecule has 5 heterocycles. The lowest BCUT2D eigenvalue weighted by Crippen LogP contribution is -2.36. The maximum absolute atomic E-state index is 12.0. The van der Waals surface area contributed by atoms with E-state index in [0.29, 0.717) is 27.9 Å². The molecule has 0 fully saturated rings. The lowest BCUT2D eigenvalue weighted by atomic mass is 10.1. The third-order valence-electron chi connectivity index (χ3n) is 8.45. The molecule has 0 spiro atoms. The molecule has 13 heteroatoms. The highest BCUT2D eigenvalue weighted by atomic mass is 36.0. The summed E-state index contributed by atoms with van der Waals surface area (Å²) in [6, 6.07) is 30.0. The summed E-state index contributed by atoms with van der Waals surface area (Å²) in [6.45, 7) is 6.39. The number of carboxylic acids is 2. The van der Waals surface area contributed by atoms with Crippen molar-refractivity contribution in [2.24, 2.45) is 0 Å². The van der Waals surface area contributed by atoms with Gasteiger partial charge in [0.1, 0.15) is 16.6 Å². The Balaban J connectivity index is 0.000000195. The molecule has 0 aliphatic heterocycles. The van der Waals surface area contributed by atoms with Crippen LogP contribution in [0.5, 0.6) is 0 Å². The van der Waals surface area contributed by atoms with Gasteiger partial charge in [0.25, 0.3) is 0 Å². The molecule has 2 aromatic carbocycles. The number of aromatic nitrogens is 4. The lowest BCUT2D eigenvalue weighted by Gasteiger charge is -2.18. The number of pyridine rings is 4. The lowest BCUT2D eigenvalue weighted by molar-refractivity contribution is -0.497. The molecule has 0 bridgehead atoms. The summed E-state index contributed by atoms with van der Waals surface area (Å²) in [5.74, 6) is -0.754. The SMILES string of the molecule is CCCCN(CCCC)c1n2c3ccccc3c(C(=O)O)cc2c2cccc[n+]12.O=C(O)c1cc(-c2ccccn2)nc2ccccc12.O=S(Cl)Cl. The Hall–Kier alpha value is -5.10. The fourth-order valence-corrected chi connectivity index (χ4v) is 6.12. The average Bonchev–Trinajstić information content (AvgIpc) is 3.49. The summed E-state index contributed by atoms with van der Waals surface area (Å²) < 4.78 is 13.5. The van der Waals surface area contributed by atoms with Gasteiger partial charge in [-0.3, -0.25) is 9.88 Å². The number of rotatable bonds is 10. The number of halogens is 2. The summed E-state index contributed by atoms with van der Waals surface area (Å²) in [6.07, 6.45) is 8.26. The first-order valence-electron chi connectivity index (χ1n) is 16.8. The highest BCUT2D eigenvalue weighted by Crippen LogP contribution is 2.29. The number of para-hydroxylation sites is 2.